The minimum absolute atomic E-state index is 0.0470. The predicted octanol–water partition coefficient (Wildman–Crippen LogP) is 0.0929. The van der Waals surface area contributed by atoms with Crippen LogP contribution in [0.4, 0.5) is 0 Å². The van der Waals surface area contributed by atoms with E-state index in [9.17, 15) is 13.2 Å². The summed E-state index contributed by atoms with van der Waals surface area (Å²) >= 11 is 0. The summed E-state index contributed by atoms with van der Waals surface area (Å²) in [6.07, 6.45) is 0. The summed E-state index contributed by atoms with van der Waals surface area (Å²) in [4.78, 5) is 13.6. The van der Waals surface area contributed by atoms with E-state index in [1.165, 1.54) is 12.1 Å². The summed E-state index contributed by atoms with van der Waals surface area (Å²) in [5, 5.41) is 0. The number of sulfonamides is 1. The first kappa shape index (κ1) is 17.9. The van der Waals surface area contributed by atoms with Gasteiger partial charge in [0.05, 0.1) is 18.1 Å². The molecule has 128 valence electrons. The van der Waals surface area contributed by atoms with Crippen LogP contribution in [0.3, 0.4) is 0 Å². The standard InChI is InChI=1S/C15H23N3O4S/c1-11-3-4-13(9-14(11)15(16)19)23(20,21)17-12(2)10-18-5-7-22-8-6-18/h3-4,9,12,17H,5-8,10H2,1-2H3,(H2,16,19). The van der Waals surface area contributed by atoms with Gasteiger partial charge in [0.15, 0.2) is 0 Å². The molecule has 7 nitrogen and oxygen atoms in total. The summed E-state index contributed by atoms with van der Waals surface area (Å²) < 4.78 is 32.8. The number of aryl methyl sites for hydroxylation is 1. The van der Waals surface area contributed by atoms with E-state index in [1.807, 2.05) is 6.92 Å². The molecule has 2 rings (SSSR count). The number of ether oxygens (including phenoxy) is 1. The van der Waals surface area contributed by atoms with E-state index in [-0.39, 0.29) is 16.5 Å². The molecule has 0 bridgehead atoms. The molecule has 3 N–H and O–H groups in total. The number of benzene rings is 1. The number of nitrogens with two attached hydrogens (primary N) is 1. The molecule has 1 heterocycles. The Hall–Kier alpha value is -1.48. The van der Waals surface area contributed by atoms with E-state index in [4.69, 9.17) is 10.5 Å². The second kappa shape index (κ2) is 7.39. The van der Waals surface area contributed by atoms with Gasteiger partial charge in [0.1, 0.15) is 0 Å². The van der Waals surface area contributed by atoms with Crippen molar-refractivity contribution in [2.75, 3.05) is 32.8 Å². The highest BCUT2D eigenvalue weighted by Gasteiger charge is 2.21. The van der Waals surface area contributed by atoms with Crippen LogP contribution >= 0.6 is 0 Å². The van der Waals surface area contributed by atoms with Crippen LogP contribution in [0.2, 0.25) is 0 Å². The Morgan fingerprint density at radius 2 is 2.04 bits per heavy atom. The second-order valence-electron chi connectivity index (χ2n) is 5.78. The highest BCUT2D eigenvalue weighted by Crippen LogP contribution is 2.16. The van der Waals surface area contributed by atoms with Gasteiger partial charge < -0.3 is 10.5 Å². The topological polar surface area (TPSA) is 102 Å². The molecule has 8 heteroatoms. The lowest BCUT2D eigenvalue weighted by Crippen LogP contribution is -2.45. The van der Waals surface area contributed by atoms with Crippen LogP contribution in [-0.2, 0) is 14.8 Å². The van der Waals surface area contributed by atoms with Gasteiger partial charge in [0.25, 0.3) is 0 Å². The Morgan fingerprint density at radius 1 is 1.39 bits per heavy atom. The van der Waals surface area contributed by atoms with E-state index in [0.29, 0.717) is 25.3 Å². The molecule has 1 saturated heterocycles. The largest absolute Gasteiger partial charge is 0.379 e. The first-order chi connectivity index (χ1) is 10.8. The zero-order chi connectivity index (χ0) is 17.0. The van der Waals surface area contributed by atoms with Crippen molar-refractivity contribution < 1.29 is 17.9 Å². The molecular formula is C15H23N3O4S. The van der Waals surface area contributed by atoms with Gasteiger partial charge in [-0.25, -0.2) is 13.1 Å². The van der Waals surface area contributed by atoms with Crippen LogP contribution in [0, 0.1) is 6.92 Å². The number of nitrogens with zero attached hydrogens (tertiary/aromatic N) is 1. The Labute approximate surface area is 136 Å². The summed E-state index contributed by atoms with van der Waals surface area (Å²) in [6, 6.07) is 4.13. The average molecular weight is 341 g/mol. The number of morpholine rings is 1. The number of nitrogens with one attached hydrogen (secondary N) is 1. The van der Waals surface area contributed by atoms with Crippen molar-refractivity contribution in [3.63, 3.8) is 0 Å². The molecule has 0 saturated carbocycles. The van der Waals surface area contributed by atoms with Crippen LogP contribution in [0.25, 0.3) is 0 Å². The predicted molar refractivity (Wildman–Crippen MR) is 86.7 cm³/mol. The molecule has 1 fully saturated rings. The average Bonchev–Trinajstić information content (AvgIpc) is 2.47. The molecule has 1 aromatic rings. The molecule has 1 amide bonds. The SMILES string of the molecule is Cc1ccc(S(=O)(=O)NC(C)CN2CCOCC2)cc1C(N)=O. The Morgan fingerprint density at radius 3 is 2.65 bits per heavy atom. The van der Waals surface area contributed by atoms with Gasteiger partial charge in [-0.15, -0.1) is 0 Å². The first-order valence-electron chi connectivity index (χ1n) is 7.52. The van der Waals surface area contributed by atoms with Gasteiger partial charge in [-0.05, 0) is 31.5 Å². The number of carbonyl (C=O) groups is 1. The van der Waals surface area contributed by atoms with Crippen LogP contribution in [0.1, 0.15) is 22.8 Å². The van der Waals surface area contributed by atoms with Gasteiger partial charge >= 0.3 is 0 Å². The number of primary amides is 1. The molecular weight excluding hydrogens is 318 g/mol. The van der Waals surface area contributed by atoms with Crippen molar-refractivity contribution in [1.29, 1.82) is 0 Å². The maximum Gasteiger partial charge on any atom is 0.249 e. The normalized spacial score (nSPS) is 17.8. The molecule has 1 aliphatic rings. The molecule has 1 unspecified atom stereocenters. The molecule has 0 radical (unpaired) electrons. The van der Waals surface area contributed by atoms with E-state index in [2.05, 4.69) is 9.62 Å². The van der Waals surface area contributed by atoms with Gasteiger partial charge in [-0.1, -0.05) is 6.07 Å². The Kier molecular flexibility index (Phi) is 5.74. The maximum absolute atomic E-state index is 12.5. The highest BCUT2D eigenvalue weighted by molar-refractivity contribution is 7.89. The molecule has 0 aromatic heterocycles. The van der Waals surface area contributed by atoms with E-state index in [0.717, 1.165) is 13.1 Å². The van der Waals surface area contributed by atoms with E-state index >= 15 is 0 Å². The smallest absolute Gasteiger partial charge is 0.249 e. The summed E-state index contributed by atoms with van der Waals surface area (Å²) in [5.41, 5.74) is 6.15. The fourth-order valence-electron chi connectivity index (χ4n) is 2.57. The maximum atomic E-state index is 12.5. The van der Waals surface area contributed by atoms with Crippen molar-refractivity contribution in [2.45, 2.75) is 24.8 Å². The van der Waals surface area contributed by atoms with Crippen LogP contribution in [0.15, 0.2) is 23.1 Å². The third-order valence-corrected chi connectivity index (χ3v) is 5.36. The van der Waals surface area contributed by atoms with Crippen LogP contribution in [-0.4, -0.2) is 58.1 Å². The lowest BCUT2D eigenvalue weighted by atomic mass is 10.1. The van der Waals surface area contributed by atoms with Gasteiger partial charge in [-0.3, -0.25) is 9.69 Å². The molecule has 1 aliphatic heterocycles. The Balaban J connectivity index is 2.08. The Bertz CT molecular complexity index is 669. The number of hydrogen-bond acceptors (Lipinski definition) is 5. The van der Waals surface area contributed by atoms with Crippen molar-refractivity contribution >= 4 is 15.9 Å². The van der Waals surface area contributed by atoms with Gasteiger partial charge in [-0.2, -0.15) is 0 Å². The van der Waals surface area contributed by atoms with Gasteiger partial charge in [0.2, 0.25) is 15.9 Å². The molecule has 0 spiro atoms. The minimum Gasteiger partial charge on any atom is -0.379 e. The van der Waals surface area contributed by atoms with Gasteiger partial charge in [0, 0.05) is 31.2 Å². The number of hydrogen-bond donors (Lipinski definition) is 2. The number of carbonyl (C=O) groups excluding carboxylic acids is 1. The summed E-state index contributed by atoms with van der Waals surface area (Å²) in [5.74, 6) is -0.638. The fourth-order valence-corrected chi connectivity index (χ4v) is 3.84. The molecule has 1 aromatic carbocycles. The highest BCUT2D eigenvalue weighted by atomic mass is 32.2. The molecule has 1 atom stereocenters. The monoisotopic (exact) mass is 341 g/mol. The molecule has 23 heavy (non-hydrogen) atoms. The zero-order valence-corrected chi connectivity index (χ0v) is 14.2. The van der Waals surface area contributed by atoms with Crippen molar-refractivity contribution in [2.24, 2.45) is 5.73 Å². The third-order valence-electron chi connectivity index (χ3n) is 3.78. The van der Waals surface area contributed by atoms with Crippen LogP contribution in [0.5, 0.6) is 0 Å². The van der Waals surface area contributed by atoms with Crippen LogP contribution < -0.4 is 10.5 Å². The lowest BCUT2D eigenvalue weighted by molar-refractivity contribution is 0.0354. The number of amides is 1. The first-order valence-corrected chi connectivity index (χ1v) is 9.01. The molecule has 0 aliphatic carbocycles. The van der Waals surface area contributed by atoms with E-state index < -0.39 is 15.9 Å². The zero-order valence-electron chi connectivity index (χ0n) is 13.4. The van der Waals surface area contributed by atoms with Crippen molar-refractivity contribution in [3.8, 4) is 0 Å². The summed E-state index contributed by atoms with van der Waals surface area (Å²) in [7, 11) is -3.70. The van der Waals surface area contributed by atoms with E-state index in [1.54, 1.807) is 13.0 Å². The number of rotatable bonds is 6. The second-order valence-corrected chi connectivity index (χ2v) is 7.49. The summed E-state index contributed by atoms with van der Waals surface area (Å²) in [6.45, 7) is 7.06. The van der Waals surface area contributed by atoms with Crippen molar-refractivity contribution in [1.82, 2.24) is 9.62 Å². The minimum atomic E-state index is -3.70. The quantitative estimate of drug-likeness (QED) is 0.764. The lowest BCUT2D eigenvalue weighted by Gasteiger charge is -2.29. The van der Waals surface area contributed by atoms with Crippen molar-refractivity contribution in [3.05, 3.63) is 29.3 Å². The fraction of sp³-hybridized carbons (Fsp3) is 0.533. The third kappa shape index (κ3) is 4.74.